The van der Waals surface area contributed by atoms with Crippen molar-refractivity contribution < 1.29 is 0 Å². The minimum absolute atomic E-state index is 0.134. The van der Waals surface area contributed by atoms with Gasteiger partial charge in [-0.2, -0.15) is 0 Å². The SMILES string of the molecule is CN(C)CC(NN)c1ccc2ncccc2c1. The van der Waals surface area contributed by atoms with Gasteiger partial charge < -0.3 is 4.90 Å². The van der Waals surface area contributed by atoms with Crippen LogP contribution < -0.4 is 11.3 Å². The van der Waals surface area contributed by atoms with Gasteiger partial charge in [0.2, 0.25) is 0 Å². The van der Waals surface area contributed by atoms with Gasteiger partial charge in [0.15, 0.2) is 0 Å². The number of fused-ring (bicyclic) bond motifs is 1. The molecular formula is C13H18N4. The van der Waals surface area contributed by atoms with E-state index in [1.807, 2.05) is 26.2 Å². The molecule has 0 saturated heterocycles. The fraction of sp³-hybridized carbons (Fsp3) is 0.308. The van der Waals surface area contributed by atoms with Gasteiger partial charge in [0.05, 0.1) is 11.6 Å². The number of nitrogens with two attached hydrogens (primary N) is 1. The van der Waals surface area contributed by atoms with Gasteiger partial charge in [0.25, 0.3) is 0 Å². The van der Waals surface area contributed by atoms with Crippen molar-refractivity contribution in [2.75, 3.05) is 20.6 Å². The quantitative estimate of drug-likeness (QED) is 0.614. The predicted octanol–water partition coefficient (Wildman–Crippen LogP) is 1.30. The fourth-order valence-corrected chi connectivity index (χ4v) is 1.93. The van der Waals surface area contributed by atoms with E-state index < -0.39 is 0 Å². The van der Waals surface area contributed by atoms with Crippen molar-refractivity contribution in [2.45, 2.75) is 6.04 Å². The summed E-state index contributed by atoms with van der Waals surface area (Å²) in [5.74, 6) is 5.60. The Hall–Kier alpha value is -1.49. The van der Waals surface area contributed by atoms with Gasteiger partial charge in [-0.1, -0.05) is 12.1 Å². The van der Waals surface area contributed by atoms with E-state index in [9.17, 15) is 0 Å². The molecule has 17 heavy (non-hydrogen) atoms. The second-order valence-corrected chi connectivity index (χ2v) is 4.44. The molecule has 1 aromatic carbocycles. The molecule has 0 aliphatic carbocycles. The number of aromatic nitrogens is 1. The van der Waals surface area contributed by atoms with Crippen LogP contribution in [0.4, 0.5) is 0 Å². The number of benzene rings is 1. The van der Waals surface area contributed by atoms with Crippen molar-refractivity contribution in [3.63, 3.8) is 0 Å². The van der Waals surface area contributed by atoms with Gasteiger partial charge >= 0.3 is 0 Å². The van der Waals surface area contributed by atoms with Gasteiger partial charge in [-0.05, 0) is 37.9 Å². The Bertz CT molecular complexity index is 495. The lowest BCUT2D eigenvalue weighted by molar-refractivity contribution is 0.344. The Morgan fingerprint density at radius 2 is 2.18 bits per heavy atom. The van der Waals surface area contributed by atoms with Crippen molar-refractivity contribution in [1.29, 1.82) is 0 Å². The van der Waals surface area contributed by atoms with Crippen LogP contribution >= 0.6 is 0 Å². The summed E-state index contributed by atoms with van der Waals surface area (Å²) in [5, 5.41) is 1.14. The molecule has 0 aliphatic heterocycles. The molecule has 0 spiro atoms. The zero-order chi connectivity index (χ0) is 12.3. The molecule has 0 fully saturated rings. The number of likely N-dealkylation sites (N-methyl/N-ethyl adjacent to an activating group) is 1. The minimum Gasteiger partial charge on any atom is -0.307 e. The third-order valence-electron chi connectivity index (χ3n) is 2.78. The molecule has 4 heteroatoms. The molecule has 0 saturated carbocycles. The van der Waals surface area contributed by atoms with Crippen molar-refractivity contribution in [2.24, 2.45) is 5.84 Å². The summed E-state index contributed by atoms with van der Waals surface area (Å²) in [6.07, 6.45) is 1.81. The highest BCUT2D eigenvalue weighted by Crippen LogP contribution is 2.18. The van der Waals surface area contributed by atoms with E-state index in [-0.39, 0.29) is 6.04 Å². The Morgan fingerprint density at radius 1 is 1.35 bits per heavy atom. The number of hydrogen-bond acceptors (Lipinski definition) is 4. The number of nitrogens with one attached hydrogen (secondary N) is 1. The fourth-order valence-electron chi connectivity index (χ4n) is 1.93. The smallest absolute Gasteiger partial charge is 0.0702 e. The van der Waals surface area contributed by atoms with Crippen LogP contribution in [0, 0.1) is 0 Å². The van der Waals surface area contributed by atoms with Crippen molar-refractivity contribution in [1.82, 2.24) is 15.3 Å². The zero-order valence-electron chi connectivity index (χ0n) is 10.2. The van der Waals surface area contributed by atoms with Crippen LogP contribution in [-0.2, 0) is 0 Å². The largest absolute Gasteiger partial charge is 0.307 e. The van der Waals surface area contributed by atoms with Crippen molar-refractivity contribution in [3.8, 4) is 0 Å². The summed E-state index contributed by atoms with van der Waals surface area (Å²) in [6.45, 7) is 0.863. The highest BCUT2D eigenvalue weighted by atomic mass is 15.3. The molecule has 1 unspecified atom stereocenters. The molecule has 90 valence electrons. The first kappa shape index (κ1) is 12.0. The van der Waals surface area contributed by atoms with Gasteiger partial charge in [-0.3, -0.25) is 16.3 Å². The maximum absolute atomic E-state index is 5.60. The molecule has 0 amide bonds. The Balaban J connectivity index is 2.34. The molecule has 0 radical (unpaired) electrons. The van der Waals surface area contributed by atoms with E-state index >= 15 is 0 Å². The van der Waals surface area contributed by atoms with E-state index in [0.717, 1.165) is 17.4 Å². The van der Waals surface area contributed by atoms with E-state index in [2.05, 4.69) is 33.5 Å². The number of rotatable bonds is 4. The van der Waals surface area contributed by atoms with Crippen LogP contribution in [0.2, 0.25) is 0 Å². The minimum atomic E-state index is 0.134. The van der Waals surface area contributed by atoms with E-state index in [1.165, 1.54) is 5.56 Å². The summed E-state index contributed by atoms with van der Waals surface area (Å²) in [7, 11) is 4.07. The number of hydrazine groups is 1. The van der Waals surface area contributed by atoms with Crippen molar-refractivity contribution >= 4 is 10.9 Å². The number of pyridine rings is 1. The topological polar surface area (TPSA) is 54.2 Å². The second-order valence-electron chi connectivity index (χ2n) is 4.44. The zero-order valence-corrected chi connectivity index (χ0v) is 10.2. The summed E-state index contributed by atoms with van der Waals surface area (Å²) >= 11 is 0. The molecule has 0 aliphatic rings. The number of hydrogen-bond donors (Lipinski definition) is 2. The molecule has 0 bridgehead atoms. The first-order valence-corrected chi connectivity index (χ1v) is 5.66. The lowest BCUT2D eigenvalue weighted by atomic mass is 10.0. The first-order valence-electron chi connectivity index (χ1n) is 5.66. The van der Waals surface area contributed by atoms with Crippen molar-refractivity contribution in [3.05, 3.63) is 42.1 Å². The second kappa shape index (κ2) is 5.23. The summed E-state index contributed by atoms with van der Waals surface area (Å²) < 4.78 is 0. The Labute approximate surface area is 101 Å². The van der Waals surface area contributed by atoms with Crippen LogP contribution in [0.1, 0.15) is 11.6 Å². The highest BCUT2D eigenvalue weighted by Gasteiger charge is 2.11. The maximum atomic E-state index is 5.60. The average molecular weight is 230 g/mol. The van der Waals surface area contributed by atoms with Crippen LogP contribution in [0.25, 0.3) is 10.9 Å². The molecule has 1 aromatic heterocycles. The molecule has 4 nitrogen and oxygen atoms in total. The summed E-state index contributed by atoms with van der Waals surface area (Å²) in [6, 6.07) is 10.4. The normalized spacial score (nSPS) is 13.2. The molecular weight excluding hydrogens is 212 g/mol. The van der Waals surface area contributed by atoms with E-state index in [1.54, 1.807) is 6.20 Å². The van der Waals surface area contributed by atoms with Gasteiger partial charge in [0, 0.05) is 18.1 Å². The predicted molar refractivity (Wildman–Crippen MR) is 70.4 cm³/mol. The third-order valence-corrected chi connectivity index (χ3v) is 2.78. The summed E-state index contributed by atoms with van der Waals surface area (Å²) in [5.41, 5.74) is 5.05. The molecule has 2 aromatic rings. The first-order chi connectivity index (χ1) is 8.20. The van der Waals surface area contributed by atoms with Gasteiger partial charge in [-0.25, -0.2) is 0 Å². The standard InChI is InChI=1S/C13H18N4/c1-17(2)9-13(16-14)11-5-6-12-10(8-11)4-3-7-15-12/h3-8,13,16H,9,14H2,1-2H3. The van der Waals surface area contributed by atoms with Crippen LogP contribution in [0.3, 0.4) is 0 Å². The molecule has 1 heterocycles. The van der Waals surface area contributed by atoms with Crippen LogP contribution in [0.5, 0.6) is 0 Å². The van der Waals surface area contributed by atoms with E-state index in [4.69, 9.17) is 5.84 Å². The third kappa shape index (κ3) is 2.79. The molecule has 3 N–H and O–H groups in total. The Kier molecular flexibility index (Phi) is 3.68. The average Bonchev–Trinajstić information content (AvgIpc) is 2.35. The monoisotopic (exact) mass is 230 g/mol. The highest BCUT2D eigenvalue weighted by molar-refractivity contribution is 5.79. The number of nitrogens with zero attached hydrogens (tertiary/aromatic N) is 2. The lowest BCUT2D eigenvalue weighted by Crippen LogP contribution is -2.35. The van der Waals surface area contributed by atoms with Gasteiger partial charge in [0.1, 0.15) is 0 Å². The van der Waals surface area contributed by atoms with Crippen LogP contribution in [-0.4, -0.2) is 30.5 Å². The molecule has 2 rings (SSSR count). The van der Waals surface area contributed by atoms with E-state index in [0.29, 0.717) is 0 Å². The summed E-state index contributed by atoms with van der Waals surface area (Å²) in [4.78, 5) is 6.42. The van der Waals surface area contributed by atoms with Gasteiger partial charge in [-0.15, -0.1) is 0 Å². The molecule has 1 atom stereocenters. The maximum Gasteiger partial charge on any atom is 0.0702 e. The Morgan fingerprint density at radius 3 is 2.88 bits per heavy atom. The lowest BCUT2D eigenvalue weighted by Gasteiger charge is -2.20. The van der Waals surface area contributed by atoms with Crippen LogP contribution in [0.15, 0.2) is 36.5 Å².